The molecule has 0 amide bonds. The fraction of sp³-hybridized carbons (Fsp3) is 0.941. The maximum atomic E-state index is 12.2. The van der Waals surface area contributed by atoms with E-state index in [-0.39, 0.29) is 81.9 Å². The second kappa shape index (κ2) is 47.8. The van der Waals surface area contributed by atoms with Crippen LogP contribution in [0.1, 0.15) is 53.4 Å². The summed E-state index contributed by atoms with van der Waals surface area (Å²) in [5, 5.41) is 232. The average Bonchev–Trinajstić information content (AvgIpc) is 0.772. The summed E-state index contributed by atoms with van der Waals surface area (Å²) in [6.07, 6.45) is -75.6. The highest BCUT2D eigenvalue weighted by atomic mass is 32.2. The van der Waals surface area contributed by atoms with E-state index in [0.29, 0.717) is 23.0 Å². The minimum atomic E-state index is -2.24. The van der Waals surface area contributed by atoms with Crippen molar-refractivity contribution in [2.45, 2.75) is 299 Å². The maximum Gasteiger partial charge on any atom is 0.304 e. The first-order chi connectivity index (χ1) is 55.3. The highest BCUT2D eigenvalue weighted by molar-refractivity contribution is 8.00. The Morgan fingerprint density at radius 2 is 0.319 bits per heavy atom. The molecule has 0 spiro atoms. The molecule has 20 N–H and O–H groups in total. The molecule has 0 aromatic carbocycles. The molecule has 30 saturated heterocycles. The molecule has 30 aliphatic rings. The zero-order chi connectivity index (χ0) is 84.5. The van der Waals surface area contributed by atoms with Crippen LogP contribution >= 0.6 is 94.1 Å². The minimum Gasteiger partial charge on any atom is -0.481 e. The van der Waals surface area contributed by atoms with Crippen LogP contribution in [-0.4, -0.2) is 464 Å². The number of hydrogen-bond donors (Lipinski definition) is 20. The van der Waals surface area contributed by atoms with E-state index < -0.39 is 282 Å². The Kier molecular flexibility index (Phi) is 40.9. The van der Waals surface area contributed by atoms with E-state index in [1.807, 2.05) is 13.8 Å². The number of carbonyl (C=O) groups is 4. The average molecular weight is 1830 g/mol. The van der Waals surface area contributed by atoms with Gasteiger partial charge in [-0.25, -0.2) is 0 Å². The Bertz CT molecular complexity index is 2920. The topological polar surface area (TPSA) is 621 Å². The summed E-state index contributed by atoms with van der Waals surface area (Å²) in [6.45, 7) is 7.23. The van der Waals surface area contributed by atoms with Gasteiger partial charge in [-0.1, -0.05) is 27.7 Å². The van der Waals surface area contributed by atoms with Gasteiger partial charge in [0.1, 0.15) is 146 Å². The molecule has 16 bridgehead atoms. The van der Waals surface area contributed by atoms with Crippen molar-refractivity contribution < 1.29 is 197 Å². The molecule has 48 heteroatoms. The summed E-state index contributed by atoms with van der Waals surface area (Å²) in [5.41, 5.74) is 0. The van der Waals surface area contributed by atoms with Gasteiger partial charge < -0.3 is 178 Å². The lowest BCUT2D eigenvalue weighted by molar-refractivity contribution is -0.396. The number of aliphatic carboxylic acids is 4. The summed E-state index contributed by atoms with van der Waals surface area (Å²) < 4.78 is 101. The first-order valence-corrected chi connectivity index (χ1v) is 47.4. The molecule has 0 radical (unpaired) electrons. The molecular formula is C68H112O40S8. The SMILES string of the molecule is CCSCC1O[C@@H]2O[C@@H]3C(CSCCC(=O)O)O[C@H](O[C@@H]4C(CSCCC(=O)O)O[C@H](O[C@@H]5C(CSCCC(=O)O)O[C@H](O[C@@H]6C(CSCCC(=O)O)O[C@H](O[C@@H]7C(CSCC)O[C@H](O[C@@H]8C(CSCC)O[C@@H](O[C@@H]9C(CSCC)O[C@H](O[C@H]1[C@H](O)C2O)C(O)[C@H]9O)C(O)[C@H]8O)C(O)[C@H]7O)C(O)[C@H]6O)C(O)[C@H]5O)C(O)[C@H]4O)C(O)[C@H]3O. The Balaban J connectivity index is 1.08. The summed E-state index contributed by atoms with van der Waals surface area (Å²) in [7, 11) is 0. The zero-order valence-corrected chi connectivity index (χ0v) is 70.1. The number of rotatable bonds is 32. The number of carboxylic acids is 4. The third-order valence-electron chi connectivity index (χ3n) is 20.4. The molecule has 40 atom stereocenters. The van der Waals surface area contributed by atoms with Crippen LogP contribution in [0.4, 0.5) is 0 Å². The van der Waals surface area contributed by atoms with Gasteiger partial charge in [-0.3, -0.25) is 19.2 Å². The van der Waals surface area contributed by atoms with Gasteiger partial charge in [-0.05, 0) is 23.0 Å². The molecule has 30 rings (SSSR count). The van der Waals surface area contributed by atoms with Crippen molar-refractivity contribution in [2.24, 2.45) is 0 Å². The van der Waals surface area contributed by atoms with E-state index in [1.165, 1.54) is 47.0 Å². The molecule has 16 unspecified atom stereocenters. The molecule has 30 fully saturated rings. The number of aliphatic hydroxyl groups is 16. The Hall–Kier alpha value is -0.600. The molecule has 0 aromatic heterocycles. The lowest BCUT2D eigenvalue weighted by Crippen LogP contribution is -2.69. The van der Waals surface area contributed by atoms with Gasteiger partial charge in [0.2, 0.25) is 0 Å². The van der Waals surface area contributed by atoms with Gasteiger partial charge in [0.05, 0.1) is 74.5 Å². The first-order valence-electron chi connectivity index (χ1n) is 38.2. The largest absolute Gasteiger partial charge is 0.481 e. The van der Waals surface area contributed by atoms with Gasteiger partial charge in [-0.2, -0.15) is 94.1 Å². The monoisotopic (exact) mass is 1820 g/mol. The van der Waals surface area contributed by atoms with E-state index in [2.05, 4.69) is 0 Å². The molecule has 116 heavy (non-hydrogen) atoms. The van der Waals surface area contributed by atoms with E-state index in [1.54, 1.807) is 13.8 Å². The van der Waals surface area contributed by atoms with Crippen LogP contribution in [0.25, 0.3) is 0 Å². The van der Waals surface area contributed by atoms with Crippen molar-refractivity contribution in [2.75, 3.05) is 92.0 Å². The van der Waals surface area contributed by atoms with Crippen molar-refractivity contribution in [3.8, 4) is 0 Å². The van der Waals surface area contributed by atoms with Crippen LogP contribution in [0.3, 0.4) is 0 Å². The number of hydrogen-bond acceptors (Lipinski definition) is 44. The molecule has 672 valence electrons. The highest BCUT2D eigenvalue weighted by Crippen LogP contribution is 2.43. The Morgan fingerprint density at radius 1 is 0.198 bits per heavy atom. The zero-order valence-electron chi connectivity index (χ0n) is 63.6. The van der Waals surface area contributed by atoms with Crippen LogP contribution in [0.5, 0.6) is 0 Å². The smallest absolute Gasteiger partial charge is 0.304 e. The maximum absolute atomic E-state index is 12.2. The first kappa shape index (κ1) is 99.2. The van der Waals surface area contributed by atoms with Gasteiger partial charge >= 0.3 is 23.9 Å². The Labute approximate surface area is 701 Å². The van der Waals surface area contributed by atoms with E-state index in [0.717, 1.165) is 47.0 Å². The van der Waals surface area contributed by atoms with Gasteiger partial charge in [0.25, 0.3) is 0 Å². The van der Waals surface area contributed by atoms with Gasteiger partial charge in [-0.15, -0.1) is 0 Å². The predicted molar refractivity (Wildman–Crippen MR) is 415 cm³/mol. The second-order valence-corrected chi connectivity index (χ2v) is 38.4. The summed E-state index contributed by atoms with van der Waals surface area (Å²) in [6, 6.07) is 0. The Morgan fingerprint density at radius 3 is 0.431 bits per heavy atom. The minimum absolute atomic E-state index is 0.0129. The second-order valence-electron chi connectivity index (χ2n) is 28.5. The number of aliphatic hydroxyl groups excluding tert-OH is 16. The molecule has 0 saturated carbocycles. The van der Waals surface area contributed by atoms with Crippen molar-refractivity contribution in [1.82, 2.24) is 0 Å². The molecule has 0 aromatic rings. The van der Waals surface area contributed by atoms with Crippen molar-refractivity contribution in [3.63, 3.8) is 0 Å². The van der Waals surface area contributed by atoms with Crippen LogP contribution in [-0.2, 0) is 95.0 Å². The molecule has 30 aliphatic heterocycles. The normalized spacial score (nSPS) is 44.7. The molecule has 30 heterocycles. The van der Waals surface area contributed by atoms with E-state index in [9.17, 15) is 121 Å². The van der Waals surface area contributed by atoms with Crippen LogP contribution in [0.2, 0.25) is 0 Å². The molecular weight excluding hydrogens is 1710 g/mol. The third kappa shape index (κ3) is 25.9. The molecule has 0 aliphatic carbocycles. The number of ether oxygens (including phenoxy) is 16. The van der Waals surface area contributed by atoms with Crippen LogP contribution in [0.15, 0.2) is 0 Å². The standard InChI is InChI=1S/C68H112O40S8/c1-5-109-17-25-53-38(78)46(86)62(94-25)103-55-27(19-111-7-3)96-64(48(88)40(55)80)105-57-29(21-113-13-9-33(69)70)98-66(50(90)42(57)82)107-59-31(23-115-15-11-35(73)74)100-68(52(92)44(59)84)108-60-32(24-116-16-12-36(75)76)99-67(51(91)43(60)83)106-58-30(22-114-14-10-34(71)72)97-65(49(89)41(58)81)104-56-28(20-112-8-4)95-63(47(87)39(56)79)102-54-26(18-110-6-2)93-61(101-53)45(85)37(54)77/h25-32,37-68,77-92H,5-24H2,1-4H3,(H,69,70)(H,71,72)(H,73,74)(H,75,76)/t25?,26?,27?,28?,29?,30?,31?,32?,37-,38-,39-,40-,41-,42-,43-,44-,45?,46?,47?,48?,49?,50?,51?,52?,53-,54-,55-,56-,57-,58-,59-,60-,61+,62-,63-,64-,65-,66-,67-,68-/m1/s1. The van der Waals surface area contributed by atoms with Gasteiger partial charge in [0.15, 0.2) is 50.3 Å². The number of carboxylic acid groups (broad SMARTS) is 4. The summed E-state index contributed by atoms with van der Waals surface area (Å²) >= 11 is 8.96. The summed E-state index contributed by atoms with van der Waals surface area (Å²) in [5.74, 6) is -4.45. The van der Waals surface area contributed by atoms with E-state index >= 15 is 0 Å². The van der Waals surface area contributed by atoms with Crippen molar-refractivity contribution in [1.29, 1.82) is 0 Å². The fourth-order valence-corrected chi connectivity index (χ4v) is 21.1. The quantitative estimate of drug-likeness (QED) is 0.0279. The lowest BCUT2D eigenvalue weighted by Gasteiger charge is -2.51. The van der Waals surface area contributed by atoms with Crippen molar-refractivity contribution in [3.05, 3.63) is 0 Å². The predicted octanol–water partition coefficient (Wildman–Crippen LogP) is -5.50. The van der Waals surface area contributed by atoms with E-state index in [4.69, 9.17) is 75.8 Å². The van der Waals surface area contributed by atoms with Crippen LogP contribution < -0.4 is 0 Å². The lowest BCUT2D eigenvalue weighted by atomic mass is 9.95. The molecule has 40 nitrogen and oxygen atoms in total. The third-order valence-corrected chi connectivity index (χ3v) is 28.5. The summed E-state index contributed by atoms with van der Waals surface area (Å²) in [4.78, 5) is 47.0. The highest BCUT2D eigenvalue weighted by Gasteiger charge is 2.61. The number of thioether (sulfide) groups is 8. The van der Waals surface area contributed by atoms with Crippen LogP contribution in [0, 0.1) is 0 Å². The fourth-order valence-electron chi connectivity index (χ4n) is 14.2. The van der Waals surface area contributed by atoms with Crippen molar-refractivity contribution >= 4 is 118 Å². The van der Waals surface area contributed by atoms with Gasteiger partial charge in [0, 0.05) is 69.0 Å².